The predicted molar refractivity (Wildman–Crippen MR) is 50.6 cm³/mol. The van der Waals surface area contributed by atoms with E-state index in [1.54, 1.807) is 6.20 Å². The zero-order valence-corrected chi connectivity index (χ0v) is 7.63. The summed E-state index contributed by atoms with van der Waals surface area (Å²) in [6.45, 7) is 2.02. The summed E-state index contributed by atoms with van der Waals surface area (Å²) >= 11 is 0. The molecular weight excluding hydrogens is 152 g/mol. The van der Waals surface area contributed by atoms with Crippen molar-refractivity contribution < 1.29 is 4.79 Å². The molecule has 0 radical (unpaired) electrons. The maximum atomic E-state index is 10.9. The summed E-state index contributed by atoms with van der Waals surface area (Å²) in [6, 6.07) is 0. The molecule has 0 unspecified atom stereocenters. The molecule has 0 aliphatic rings. The largest absolute Gasteiger partial charge is 0.394 e. The van der Waals surface area contributed by atoms with Crippen LogP contribution in [0, 0.1) is 0 Å². The molecule has 0 aliphatic heterocycles. The van der Waals surface area contributed by atoms with Gasteiger partial charge < -0.3 is 11.1 Å². The number of nitrogens with two attached hydrogens (primary N) is 1. The van der Waals surface area contributed by atoms with E-state index < -0.39 is 0 Å². The smallest absolute Gasteiger partial charge is 0.150 e. The van der Waals surface area contributed by atoms with Gasteiger partial charge in [-0.3, -0.25) is 4.79 Å². The van der Waals surface area contributed by atoms with Gasteiger partial charge in [0.2, 0.25) is 0 Å². The first-order valence-corrected chi connectivity index (χ1v) is 3.95. The van der Waals surface area contributed by atoms with Crippen LogP contribution >= 0.6 is 0 Å². The summed E-state index contributed by atoms with van der Waals surface area (Å²) in [6.07, 6.45) is 5.99. The Morgan fingerprint density at radius 3 is 2.67 bits per heavy atom. The van der Waals surface area contributed by atoms with Gasteiger partial charge in [0, 0.05) is 13.5 Å². The lowest BCUT2D eigenvalue weighted by molar-refractivity contribution is -0.117. The number of hydrogen-bond donors (Lipinski definition) is 2. The summed E-state index contributed by atoms with van der Waals surface area (Å²) in [5, 5.41) is 2.86. The molecule has 0 bridgehead atoms. The zero-order valence-electron chi connectivity index (χ0n) is 7.63. The van der Waals surface area contributed by atoms with Crippen LogP contribution in [0.3, 0.4) is 0 Å². The normalized spacial score (nSPS) is 12.1. The molecule has 68 valence electrons. The predicted octanol–water partition coefficient (Wildman–Crippen LogP) is 0.584. The standard InChI is InChI=1S/C9H16N2O/c1-3-8(4-5-11-2)6-9(12)7-10/h3-5,11H,6-7,10H2,1-2H3/b5-4-,8-3+. The molecule has 0 aromatic heterocycles. The molecule has 0 saturated carbocycles. The number of ketones is 1. The Bertz CT molecular complexity index is 195. The van der Waals surface area contributed by atoms with Crippen LogP contribution in [0.25, 0.3) is 0 Å². The van der Waals surface area contributed by atoms with Gasteiger partial charge in [-0.05, 0) is 24.8 Å². The van der Waals surface area contributed by atoms with Gasteiger partial charge in [0.1, 0.15) is 0 Å². The van der Waals surface area contributed by atoms with Crippen LogP contribution in [-0.2, 0) is 4.79 Å². The van der Waals surface area contributed by atoms with Crippen molar-refractivity contribution in [3.63, 3.8) is 0 Å². The molecule has 3 heteroatoms. The lowest BCUT2D eigenvalue weighted by atomic mass is 10.1. The number of allylic oxidation sites excluding steroid dienone is 3. The maximum Gasteiger partial charge on any atom is 0.150 e. The molecule has 0 fully saturated rings. The molecule has 0 saturated heterocycles. The molecule has 3 nitrogen and oxygen atoms in total. The molecule has 0 heterocycles. The number of Topliss-reactive ketones (excluding diaryl/α,β-unsaturated/α-hetero) is 1. The molecule has 12 heavy (non-hydrogen) atoms. The molecule has 3 N–H and O–H groups in total. The summed E-state index contributed by atoms with van der Waals surface area (Å²) < 4.78 is 0. The van der Waals surface area contributed by atoms with Crippen LogP contribution in [0.5, 0.6) is 0 Å². The van der Waals surface area contributed by atoms with E-state index in [9.17, 15) is 4.79 Å². The van der Waals surface area contributed by atoms with Crippen molar-refractivity contribution in [3.05, 3.63) is 23.9 Å². The molecule has 0 rings (SSSR count). The van der Waals surface area contributed by atoms with Crippen LogP contribution in [0.15, 0.2) is 23.9 Å². The van der Waals surface area contributed by atoms with Gasteiger partial charge in [-0.2, -0.15) is 0 Å². The monoisotopic (exact) mass is 168 g/mol. The Hall–Kier alpha value is -1.09. The summed E-state index contributed by atoms with van der Waals surface area (Å²) in [7, 11) is 1.81. The van der Waals surface area contributed by atoms with Crippen molar-refractivity contribution in [2.45, 2.75) is 13.3 Å². The van der Waals surface area contributed by atoms with Gasteiger partial charge >= 0.3 is 0 Å². The summed E-state index contributed by atoms with van der Waals surface area (Å²) in [4.78, 5) is 10.9. The number of nitrogens with one attached hydrogen (secondary N) is 1. The highest BCUT2D eigenvalue weighted by atomic mass is 16.1. The van der Waals surface area contributed by atoms with E-state index in [0.29, 0.717) is 6.42 Å². The van der Waals surface area contributed by atoms with E-state index in [0.717, 1.165) is 5.57 Å². The number of rotatable bonds is 5. The number of carbonyl (C=O) groups excluding carboxylic acids is 1. The van der Waals surface area contributed by atoms with Crippen molar-refractivity contribution in [2.75, 3.05) is 13.6 Å². The Labute approximate surface area is 73.3 Å². The van der Waals surface area contributed by atoms with E-state index in [2.05, 4.69) is 5.32 Å². The highest BCUT2D eigenvalue weighted by molar-refractivity contribution is 5.83. The van der Waals surface area contributed by atoms with E-state index >= 15 is 0 Å². The van der Waals surface area contributed by atoms with Crippen LogP contribution in [-0.4, -0.2) is 19.4 Å². The second-order valence-corrected chi connectivity index (χ2v) is 2.41. The zero-order chi connectivity index (χ0) is 9.40. The molecule has 0 amide bonds. The summed E-state index contributed by atoms with van der Waals surface area (Å²) in [5.74, 6) is 0.0591. The van der Waals surface area contributed by atoms with Gasteiger partial charge in [0.25, 0.3) is 0 Å². The third-order valence-electron chi connectivity index (χ3n) is 1.46. The second kappa shape index (κ2) is 6.61. The van der Waals surface area contributed by atoms with Gasteiger partial charge in [-0.25, -0.2) is 0 Å². The molecular formula is C9H16N2O. The second-order valence-electron chi connectivity index (χ2n) is 2.41. The molecule has 0 aliphatic carbocycles. The molecule has 0 aromatic carbocycles. The molecule has 0 spiro atoms. The van der Waals surface area contributed by atoms with Crippen molar-refractivity contribution in [1.29, 1.82) is 0 Å². The third kappa shape index (κ3) is 4.68. The average molecular weight is 168 g/mol. The minimum atomic E-state index is 0.0591. The van der Waals surface area contributed by atoms with Gasteiger partial charge in [-0.15, -0.1) is 0 Å². The fraction of sp³-hybridized carbons (Fsp3) is 0.444. The van der Waals surface area contributed by atoms with Crippen LogP contribution in [0.2, 0.25) is 0 Å². The quantitative estimate of drug-likeness (QED) is 0.590. The highest BCUT2D eigenvalue weighted by Crippen LogP contribution is 2.02. The van der Waals surface area contributed by atoms with Crippen molar-refractivity contribution in [1.82, 2.24) is 5.32 Å². The van der Waals surface area contributed by atoms with E-state index in [1.807, 2.05) is 26.1 Å². The third-order valence-corrected chi connectivity index (χ3v) is 1.46. The van der Waals surface area contributed by atoms with E-state index in [4.69, 9.17) is 5.73 Å². The van der Waals surface area contributed by atoms with Gasteiger partial charge in [0.05, 0.1) is 6.54 Å². The fourth-order valence-corrected chi connectivity index (χ4v) is 0.747. The average Bonchev–Trinajstić information content (AvgIpc) is 2.11. The first-order chi connectivity index (χ1) is 5.74. The summed E-state index contributed by atoms with van der Waals surface area (Å²) in [5.41, 5.74) is 6.17. The van der Waals surface area contributed by atoms with E-state index in [-0.39, 0.29) is 12.3 Å². The van der Waals surface area contributed by atoms with Gasteiger partial charge in [0.15, 0.2) is 5.78 Å². The minimum absolute atomic E-state index is 0.0591. The maximum absolute atomic E-state index is 10.9. The number of carbonyl (C=O) groups is 1. The Kier molecular flexibility index (Phi) is 6.01. The first-order valence-electron chi connectivity index (χ1n) is 3.95. The van der Waals surface area contributed by atoms with Crippen molar-refractivity contribution >= 4 is 5.78 Å². The van der Waals surface area contributed by atoms with Gasteiger partial charge in [-0.1, -0.05) is 6.08 Å². The Balaban J connectivity index is 4.02. The van der Waals surface area contributed by atoms with Crippen LogP contribution in [0.1, 0.15) is 13.3 Å². The minimum Gasteiger partial charge on any atom is -0.394 e. The lowest BCUT2D eigenvalue weighted by Gasteiger charge is -1.98. The molecule has 0 atom stereocenters. The first kappa shape index (κ1) is 10.9. The van der Waals surface area contributed by atoms with Crippen LogP contribution < -0.4 is 11.1 Å². The highest BCUT2D eigenvalue weighted by Gasteiger charge is 1.99. The SMILES string of the molecule is C/C=C(\C=C/NC)CC(=O)CN. The topological polar surface area (TPSA) is 55.1 Å². The fourth-order valence-electron chi connectivity index (χ4n) is 0.747. The molecule has 0 aromatic rings. The van der Waals surface area contributed by atoms with E-state index in [1.165, 1.54) is 0 Å². The van der Waals surface area contributed by atoms with Crippen molar-refractivity contribution in [2.24, 2.45) is 5.73 Å². The van der Waals surface area contributed by atoms with Crippen molar-refractivity contribution in [3.8, 4) is 0 Å². The number of hydrogen-bond acceptors (Lipinski definition) is 3. The van der Waals surface area contributed by atoms with Crippen LogP contribution in [0.4, 0.5) is 0 Å². The Morgan fingerprint density at radius 2 is 2.25 bits per heavy atom. The Morgan fingerprint density at radius 1 is 1.58 bits per heavy atom. The lowest BCUT2D eigenvalue weighted by Crippen LogP contribution is -2.13.